The average Bonchev–Trinajstić information content (AvgIpc) is 3.09. The summed E-state index contributed by atoms with van der Waals surface area (Å²) in [5.74, 6) is 1.76. The van der Waals surface area contributed by atoms with Crippen molar-refractivity contribution in [2.45, 2.75) is 39.5 Å². The van der Waals surface area contributed by atoms with Crippen LogP contribution < -0.4 is 14.2 Å². The monoisotopic (exact) mass is 739 g/mol. The molecule has 0 saturated carbocycles. The van der Waals surface area contributed by atoms with Gasteiger partial charge in [-0.15, -0.1) is 0 Å². The molecule has 0 amide bonds. The zero-order chi connectivity index (χ0) is 35.6. The standard InChI is InChI=1S/C15H14O4.C8H10O.C5H12O2.C4H10O3.2CH2O.Y/c1-10-9-13(18-2)7-8-14(10)19-15(17)11-3-5-12(16)6-4-11;1-7-3-5-8(9-2)6-4-7;1-7-5-3-2-4-6;5-3-1-2-4-7-6;2*1-2;/h3-9,16H,1-2H3;3-6H,1-2H3;6H,2-5H2,1H3;5-6H,1-4H2;2*1H2;. The smallest absolute Gasteiger partial charge is 0.343 e. The third-order valence-corrected chi connectivity index (χ3v) is 5.34. The maximum absolute atomic E-state index is 11.9. The van der Waals surface area contributed by atoms with E-state index in [1.54, 1.807) is 39.5 Å². The van der Waals surface area contributed by atoms with E-state index in [4.69, 9.17) is 49.1 Å². The molecule has 47 heavy (non-hydrogen) atoms. The van der Waals surface area contributed by atoms with Gasteiger partial charge in [-0.1, -0.05) is 17.7 Å². The topological polar surface area (TPSA) is 178 Å². The van der Waals surface area contributed by atoms with Crippen LogP contribution in [0.4, 0.5) is 0 Å². The van der Waals surface area contributed by atoms with Crippen molar-refractivity contribution in [2.24, 2.45) is 0 Å². The molecule has 261 valence electrons. The summed E-state index contributed by atoms with van der Waals surface area (Å²) < 4.78 is 20.1. The Morgan fingerprint density at radius 2 is 1.19 bits per heavy atom. The van der Waals surface area contributed by atoms with E-state index >= 15 is 0 Å². The molecule has 0 fully saturated rings. The molecule has 13 heteroatoms. The first kappa shape index (κ1) is 50.6. The minimum Gasteiger partial charge on any atom is -0.508 e. The van der Waals surface area contributed by atoms with Crippen LogP contribution in [0.1, 0.15) is 47.2 Å². The number of aromatic hydroxyl groups is 1. The predicted molar refractivity (Wildman–Crippen MR) is 176 cm³/mol. The molecule has 3 aromatic rings. The van der Waals surface area contributed by atoms with E-state index in [9.17, 15) is 4.79 Å². The summed E-state index contributed by atoms with van der Waals surface area (Å²) in [6, 6.07) is 19.1. The minimum atomic E-state index is -0.465. The number of aliphatic hydroxyl groups excluding tert-OH is 2. The van der Waals surface area contributed by atoms with Crippen LogP contribution >= 0.6 is 0 Å². The van der Waals surface area contributed by atoms with E-state index in [0.717, 1.165) is 30.8 Å². The van der Waals surface area contributed by atoms with Gasteiger partial charge in [0.2, 0.25) is 0 Å². The van der Waals surface area contributed by atoms with Crippen LogP contribution in [0, 0.1) is 13.8 Å². The van der Waals surface area contributed by atoms with Crippen molar-refractivity contribution < 1.29 is 91.5 Å². The fraction of sp³-hybridized carbons (Fsp3) is 0.382. The molecule has 3 aromatic carbocycles. The number of aliphatic hydroxyl groups is 2. The molecule has 0 aliphatic heterocycles. The summed E-state index contributed by atoms with van der Waals surface area (Å²) >= 11 is 0. The van der Waals surface area contributed by atoms with Crippen molar-refractivity contribution in [1.82, 2.24) is 0 Å². The Morgan fingerprint density at radius 3 is 1.62 bits per heavy atom. The van der Waals surface area contributed by atoms with E-state index in [0.29, 0.717) is 36.5 Å². The zero-order valence-corrected chi connectivity index (χ0v) is 30.9. The van der Waals surface area contributed by atoms with Crippen LogP contribution in [0.2, 0.25) is 0 Å². The van der Waals surface area contributed by atoms with Gasteiger partial charge in [-0.3, -0.25) is 5.26 Å². The van der Waals surface area contributed by atoms with Gasteiger partial charge in [0.15, 0.2) is 0 Å². The first-order chi connectivity index (χ1) is 22.3. The molecule has 12 nitrogen and oxygen atoms in total. The number of carbonyl (C=O) groups excluding carboxylic acids is 3. The van der Waals surface area contributed by atoms with Crippen molar-refractivity contribution in [3.63, 3.8) is 0 Å². The number of rotatable bonds is 12. The fourth-order valence-corrected chi connectivity index (χ4v) is 2.93. The molecular formula is C34H50O12Y. The number of carbonyl (C=O) groups is 3. The Balaban J connectivity index is -0.000000279. The van der Waals surface area contributed by atoms with E-state index in [1.807, 2.05) is 44.8 Å². The molecule has 0 heterocycles. The number of esters is 1. The second-order valence-corrected chi connectivity index (χ2v) is 8.77. The largest absolute Gasteiger partial charge is 0.508 e. The molecular weight excluding hydrogens is 689 g/mol. The molecule has 0 aliphatic carbocycles. The number of unbranched alkanes of at least 4 members (excludes halogenated alkanes) is 2. The van der Waals surface area contributed by atoms with Gasteiger partial charge in [0, 0.05) is 59.6 Å². The van der Waals surface area contributed by atoms with Gasteiger partial charge in [-0.2, -0.15) is 0 Å². The number of phenolic OH excluding ortho intramolecular Hbond substituents is 1. The van der Waals surface area contributed by atoms with E-state index in [-0.39, 0.29) is 51.7 Å². The summed E-state index contributed by atoms with van der Waals surface area (Å²) in [5, 5.41) is 33.3. The first-order valence-electron chi connectivity index (χ1n) is 14.1. The van der Waals surface area contributed by atoms with Crippen LogP contribution in [0.3, 0.4) is 0 Å². The van der Waals surface area contributed by atoms with Crippen molar-refractivity contribution in [2.75, 3.05) is 47.8 Å². The number of benzene rings is 3. The molecule has 3 rings (SSSR count). The molecule has 4 N–H and O–H groups in total. The summed E-state index contributed by atoms with van der Waals surface area (Å²) in [6.45, 7) is 9.43. The maximum Gasteiger partial charge on any atom is 0.343 e. The Kier molecular flexibility index (Phi) is 40.1. The molecule has 0 bridgehead atoms. The van der Waals surface area contributed by atoms with Crippen molar-refractivity contribution in [3.8, 4) is 23.0 Å². The molecule has 0 atom stereocenters. The number of aryl methyl sites for hydroxylation is 2. The van der Waals surface area contributed by atoms with Crippen LogP contribution in [-0.4, -0.2) is 87.9 Å². The van der Waals surface area contributed by atoms with Crippen LogP contribution in [0.25, 0.3) is 0 Å². The number of ether oxygens (including phenoxy) is 4. The Morgan fingerprint density at radius 1 is 0.702 bits per heavy atom. The Bertz CT molecular complexity index is 1090. The zero-order valence-electron chi connectivity index (χ0n) is 28.1. The number of phenols is 1. The molecule has 0 saturated heterocycles. The summed E-state index contributed by atoms with van der Waals surface area (Å²) in [4.78, 5) is 31.6. The third-order valence-electron chi connectivity index (χ3n) is 5.34. The number of hydrogen-bond acceptors (Lipinski definition) is 12. The molecule has 0 aliphatic rings. The number of hydrogen-bond donors (Lipinski definition) is 4. The van der Waals surface area contributed by atoms with Crippen LogP contribution in [-0.2, 0) is 51.9 Å². The van der Waals surface area contributed by atoms with Crippen molar-refractivity contribution in [3.05, 3.63) is 83.4 Å². The van der Waals surface area contributed by atoms with Gasteiger partial charge in [0.25, 0.3) is 0 Å². The van der Waals surface area contributed by atoms with Gasteiger partial charge in [-0.25, -0.2) is 9.68 Å². The molecule has 0 unspecified atom stereocenters. The fourth-order valence-electron chi connectivity index (χ4n) is 2.93. The minimum absolute atomic E-state index is 0. The molecule has 0 spiro atoms. The van der Waals surface area contributed by atoms with Crippen LogP contribution in [0.5, 0.6) is 23.0 Å². The quantitative estimate of drug-likeness (QED) is 0.0628. The Labute approximate surface area is 303 Å². The summed E-state index contributed by atoms with van der Waals surface area (Å²) in [6.07, 6.45) is 3.23. The van der Waals surface area contributed by atoms with Gasteiger partial charge in [0.1, 0.15) is 36.6 Å². The first-order valence-corrected chi connectivity index (χ1v) is 14.1. The van der Waals surface area contributed by atoms with Crippen molar-refractivity contribution in [1.29, 1.82) is 0 Å². The third kappa shape index (κ3) is 28.7. The second-order valence-electron chi connectivity index (χ2n) is 8.77. The SMILES string of the molecule is C=O.C=O.COCCCCO.COc1ccc(C)cc1.COc1ccc(OC(=O)c2ccc(O)cc2)c(C)c1.OCCCCOO.[Y]. The van der Waals surface area contributed by atoms with Crippen molar-refractivity contribution >= 4 is 19.5 Å². The summed E-state index contributed by atoms with van der Waals surface area (Å²) in [7, 11) is 4.92. The Hall–Kier alpha value is -3.23. The van der Waals surface area contributed by atoms with Gasteiger partial charge in [-0.05, 0) is 99.7 Å². The van der Waals surface area contributed by atoms with E-state index in [1.165, 1.54) is 29.8 Å². The second kappa shape index (κ2) is 37.2. The molecule has 0 aromatic heterocycles. The van der Waals surface area contributed by atoms with Gasteiger partial charge < -0.3 is 43.9 Å². The van der Waals surface area contributed by atoms with E-state index in [2.05, 4.69) is 11.8 Å². The predicted octanol–water partition coefficient (Wildman–Crippen LogP) is 5.21. The number of methoxy groups -OCH3 is 3. The summed E-state index contributed by atoms with van der Waals surface area (Å²) in [5.41, 5.74) is 2.45. The van der Waals surface area contributed by atoms with Gasteiger partial charge in [0.05, 0.1) is 26.4 Å². The molecule has 1 radical (unpaired) electrons. The average molecular weight is 740 g/mol. The van der Waals surface area contributed by atoms with Crippen LogP contribution in [0.15, 0.2) is 66.7 Å². The normalized spacial score (nSPS) is 8.77. The maximum atomic E-state index is 11.9. The van der Waals surface area contributed by atoms with Gasteiger partial charge >= 0.3 is 5.97 Å². The van der Waals surface area contributed by atoms with E-state index < -0.39 is 5.97 Å².